The average Bonchev–Trinajstić information content (AvgIpc) is 2.80. The van der Waals surface area contributed by atoms with Gasteiger partial charge in [-0.15, -0.1) is 0 Å². The molecule has 0 bridgehead atoms. The number of halogens is 1. The molecule has 1 aliphatic heterocycles. The Morgan fingerprint density at radius 3 is 2.29 bits per heavy atom. The van der Waals surface area contributed by atoms with E-state index < -0.39 is 0 Å². The summed E-state index contributed by atoms with van der Waals surface area (Å²) in [6.07, 6.45) is 2.96. The van der Waals surface area contributed by atoms with Gasteiger partial charge in [0.1, 0.15) is 5.75 Å². The largest absolute Gasteiger partial charge is 0.496 e. The third-order valence-corrected chi connectivity index (χ3v) is 5.62. The number of allylic oxidation sites excluding steroid dienone is 1. The minimum Gasteiger partial charge on any atom is -0.496 e. The third-order valence-electron chi connectivity index (χ3n) is 5.62. The number of nitrogens with zero attached hydrogens (tertiary/aromatic N) is 1. The monoisotopic (exact) mass is 426 g/mol. The number of piperidine rings is 1. The summed E-state index contributed by atoms with van der Waals surface area (Å²) in [7, 11) is 2.01. The van der Waals surface area contributed by atoms with E-state index in [1.54, 1.807) is 12.1 Å². The summed E-state index contributed by atoms with van der Waals surface area (Å²) in [6, 6.07) is 13.7. The molecule has 6 heteroatoms. The molecule has 1 amide bonds. The Bertz CT molecular complexity index is 920. The van der Waals surface area contributed by atoms with Crippen LogP contribution in [0.25, 0.3) is 5.57 Å². The van der Waals surface area contributed by atoms with E-state index in [0.717, 1.165) is 19.3 Å². The SMILES string of the molecule is C=C(C(C)=O)c1cc(C(=O)N2CCC(Cc3ccccc3)CC2)c(OC)cc1N.CF. The van der Waals surface area contributed by atoms with Crippen molar-refractivity contribution in [2.75, 3.05) is 33.1 Å². The number of nitrogen functional groups attached to an aromatic ring is 1. The zero-order valence-electron chi connectivity index (χ0n) is 18.5. The Labute approximate surface area is 183 Å². The van der Waals surface area contributed by atoms with Gasteiger partial charge in [0.25, 0.3) is 5.91 Å². The Hall–Kier alpha value is -3.15. The lowest BCUT2D eigenvalue weighted by Crippen LogP contribution is -2.39. The Morgan fingerprint density at radius 1 is 1.13 bits per heavy atom. The second-order valence-electron chi connectivity index (χ2n) is 7.60. The van der Waals surface area contributed by atoms with Gasteiger partial charge in [-0.3, -0.25) is 14.0 Å². The zero-order chi connectivity index (χ0) is 23.0. The van der Waals surface area contributed by atoms with E-state index in [0.29, 0.717) is 54.3 Å². The Morgan fingerprint density at radius 2 is 1.74 bits per heavy atom. The molecular formula is C25H31FN2O3. The molecular weight excluding hydrogens is 395 g/mol. The number of likely N-dealkylation sites (tertiary alicyclic amines) is 1. The number of ether oxygens (including phenoxy) is 1. The molecule has 166 valence electrons. The van der Waals surface area contributed by atoms with Gasteiger partial charge in [0, 0.05) is 36.0 Å². The summed E-state index contributed by atoms with van der Waals surface area (Å²) in [6.45, 7) is 6.65. The maximum absolute atomic E-state index is 13.2. The van der Waals surface area contributed by atoms with Gasteiger partial charge in [-0.25, -0.2) is 0 Å². The lowest BCUT2D eigenvalue weighted by Gasteiger charge is -2.32. The first kappa shape index (κ1) is 24.1. The normalized spacial score (nSPS) is 13.7. The van der Waals surface area contributed by atoms with Crippen LogP contribution < -0.4 is 10.5 Å². The molecule has 31 heavy (non-hydrogen) atoms. The lowest BCUT2D eigenvalue weighted by atomic mass is 9.90. The first-order valence-electron chi connectivity index (χ1n) is 10.3. The van der Waals surface area contributed by atoms with Crippen molar-refractivity contribution in [2.45, 2.75) is 26.2 Å². The number of rotatable bonds is 6. The van der Waals surface area contributed by atoms with Gasteiger partial charge in [-0.2, -0.15) is 0 Å². The summed E-state index contributed by atoms with van der Waals surface area (Å²) in [5.41, 5.74) is 8.97. The number of amides is 1. The summed E-state index contributed by atoms with van der Waals surface area (Å²) >= 11 is 0. The van der Waals surface area contributed by atoms with E-state index in [1.165, 1.54) is 19.6 Å². The van der Waals surface area contributed by atoms with Gasteiger partial charge in [0.05, 0.1) is 19.9 Å². The van der Waals surface area contributed by atoms with Crippen molar-refractivity contribution in [3.8, 4) is 5.75 Å². The average molecular weight is 427 g/mol. The number of hydrogen-bond donors (Lipinski definition) is 1. The molecule has 0 unspecified atom stereocenters. The van der Waals surface area contributed by atoms with Gasteiger partial charge in [0.2, 0.25) is 0 Å². The molecule has 1 heterocycles. The number of carbonyl (C=O) groups is 2. The summed E-state index contributed by atoms with van der Waals surface area (Å²) in [4.78, 5) is 26.8. The molecule has 0 atom stereocenters. The van der Waals surface area contributed by atoms with Crippen molar-refractivity contribution < 1.29 is 18.7 Å². The van der Waals surface area contributed by atoms with Crippen LogP contribution in [-0.2, 0) is 11.2 Å². The highest BCUT2D eigenvalue weighted by Crippen LogP contribution is 2.32. The van der Waals surface area contributed by atoms with Crippen LogP contribution in [0.3, 0.4) is 0 Å². The van der Waals surface area contributed by atoms with E-state index >= 15 is 0 Å². The molecule has 2 aromatic carbocycles. The Kier molecular flexibility index (Phi) is 8.79. The highest BCUT2D eigenvalue weighted by Gasteiger charge is 2.27. The predicted molar refractivity (Wildman–Crippen MR) is 123 cm³/mol. The van der Waals surface area contributed by atoms with Crippen LogP contribution in [0, 0.1) is 5.92 Å². The van der Waals surface area contributed by atoms with Gasteiger partial charge >= 0.3 is 0 Å². The fraction of sp³-hybridized carbons (Fsp3) is 0.360. The first-order valence-corrected chi connectivity index (χ1v) is 10.3. The maximum atomic E-state index is 13.2. The van der Waals surface area contributed by atoms with Crippen molar-refractivity contribution in [1.82, 2.24) is 4.90 Å². The fourth-order valence-corrected chi connectivity index (χ4v) is 3.84. The molecule has 0 aliphatic carbocycles. The van der Waals surface area contributed by atoms with E-state index in [-0.39, 0.29) is 11.7 Å². The van der Waals surface area contributed by atoms with Gasteiger partial charge < -0.3 is 15.4 Å². The van der Waals surface area contributed by atoms with Crippen LogP contribution >= 0.6 is 0 Å². The number of methoxy groups -OCH3 is 1. The Balaban J connectivity index is 0.00000166. The number of benzene rings is 2. The number of carbonyl (C=O) groups excluding carboxylic acids is 2. The number of ketones is 1. The lowest BCUT2D eigenvalue weighted by molar-refractivity contribution is -0.111. The molecule has 2 N–H and O–H groups in total. The number of anilines is 1. The first-order chi connectivity index (χ1) is 14.9. The highest BCUT2D eigenvalue weighted by molar-refractivity contribution is 6.20. The highest BCUT2D eigenvalue weighted by atomic mass is 19.1. The molecule has 0 saturated carbocycles. The van der Waals surface area contributed by atoms with Crippen LogP contribution in [0.2, 0.25) is 0 Å². The van der Waals surface area contributed by atoms with Crippen LogP contribution in [0.1, 0.15) is 41.3 Å². The van der Waals surface area contributed by atoms with E-state index in [4.69, 9.17) is 10.5 Å². The summed E-state index contributed by atoms with van der Waals surface area (Å²) < 4.78 is 14.9. The van der Waals surface area contributed by atoms with Crippen LogP contribution in [0.5, 0.6) is 5.75 Å². The molecule has 1 fully saturated rings. The van der Waals surface area contributed by atoms with Crippen molar-refractivity contribution in [2.24, 2.45) is 5.92 Å². The van der Waals surface area contributed by atoms with E-state index in [2.05, 4.69) is 30.8 Å². The van der Waals surface area contributed by atoms with Gasteiger partial charge in [-0.1, -0.05) is 36.9 Å². The molecule has 2 aromatic rings. The topological polar surface area (TPSA) is 72.6 Å². The van der Waals surface area contributed by atoms with Crippen molar-refractivity contribution in [1.29, 1.82) is 0 Å². The van der Waals surface area contributed by atoms with Gasteiger partial charge in [0.15, 0.2) is 5.78 Å². The minimum atomic E-state index is -0.179. The maximum Gasteiger partial charge on any atom is 0.257 e. The fourth-order valence-electron chi connectivity index (χ4n) is 3.84. The molecule has 5 nitrogen and oxygen atoms in total. The van der Waals surface area contributed by atoms with Crippen molar-refractivity contribution in [3.63, 3.8) is 0 Å². The van der Waals surface area contributed by atoms with Crippen molar-refractivity contribution in [3.05, 3.63) is 65.7 Å². The van der Waals surface area contributed by atoms with Gasteiger partial charge in [-0.05, 0) is 43.7 Å². The zero-order valence-corrected chi connectivity index (χ0v) is 18.5. The number of alkyl halides is 1. The van der Waals surface area contributed by atoms with Crippen LogP contribution in [-0.4, -0.2) is 44.0 Å². The second-order valence-corrected chi connectivity index (χ2v) is 7.60. The molecule has 3 rings (SSSR count). The molecule has 1 aliphatic rings. The summed E-state index contributed by atoms with van der Waals surface area (Å²) in [5.74, 6) is 0.710. The quantitative estimate of drug-likeness (QED) is 0.543. The number of nitrogens with two attached hydrogens (primary N) is 1. The number of hydrogen-bond acceptors (Lipinski definition) is 4. The van der Waals surface area contributed by atoms with Crippen LogP contribution in [0.4, 0.5) is 10.1 Å². The molecule has 1 saturated heterocycles. The molecule has 0 radical (unpaired) electrons. The third kappa shape index (κ3) is 5.94. The standard InChI is InChI=1S/C24H28N2O3.CH3F/c1-16(17(2)27)20-14-21(23(29-3)15-22(20)25)24(28)26-11-9-19(10-12-26)13-18-7-5-4-6-8-18;1-2/h4-8,14-15,19H,1,9-13,25H2,2-3H3;1H3. The molecule has 0 spiro atoms. The summed E-state index contributed by atoms with van der Waals surface area (Å²) in [5, 5.41) is 0. The minimum absolute atomic E-state index is 0.0994. The van der Waals surface area contributed by atoms with E-state index in [1.807, 2.05) is 11.0 Å². The predicted octanol–water partition coefficient (Wildman–Crippen LogP) is 4.56. The smallest absolute Gasteiger partial charge is 0.257 e. The van der Waals surface area contributed by atoms with Crippen molar-refractivity contribution >= 4 is 23.0 Å². The van der Waals surface area contributed by atoms with Crippen LogP contribution in [0.15, 0.2) is 49.0 Å². The second kappa shape index (κ2) is 11.3. The van der Waals surface area contributed by atoms with E-state index in [9.17, 15) is 14.0 Å². The number of Topliss-reactive ketones (excluding diaryl/α,β-unsaturated/α-hetero) is 1. The molecule has 0 aromatic heterocycles.